The summed E-state index contributed by atoms with van der Waals surface area (Å²) in [4.78, 5) is 17.5. The summed E-state index contributed by atoms with van der Waals surface area (Å²) in [6.07, 6.45) is 2.59. The van der Waals surface area contributed by atoms with Gasteiger partial charge in [-0.15, -0.1) is 0 Å². The van der Waals surface area contributed by atoms with Crippen molar-refractivity contribution in [3.63, 3.8) is 0 Å². The fraction of sp³-hybridized carbons (Fsp3) is 0.438. The number of hydrogen-bond donors (Lipinski definition) is 1. The summed E-state index contributed by atoms with van der Waals surface area (Å²) >= 11 is 0. The molecule has 1 aromatic carbocycles. The molecular weight excluding hydrogens is 252 g/mol. The first-order valence-electron chi connectivity index (χ1n) is 7.17. The molecule has 0 aliphatic carbocycles. The highest BCUT2D eigenvalue weighted by molar-refractivity contribution is 5.85. The van der Waals surface area contributed by atoms with Crippen molar-refractivity contribution in [1.29, 1.82) is 0 Å². The number of rotatable bonds is 3. The van der Waals surface area contributed by atoms with Crippen molar-refractivity contribution in [2.45, 2.75) is 19.3 Å². The van der Waals surface area contributed by atoms with Crippen molar-refractivity contribution >= 4 is 16.8 Å². The third-order valence-electron chi connectivity index (χ3n) is 4.00. The van der Waals surface area contributed by atoms with Crippen molar-refractivity contribution in [3.8, 4) is 0 Å². The second kappa shape index (κ2) is 5.67. The van der Waals surface area contributed by atoms with Crippen LogP contribution in [0.15, 0.2) is 30.5 Å². The lowest BCUT2D eigenvalue weighted by molar-refractivity contribution is -0.135. The van der Waals surface area contributed by atoms with Gasteiger partial charge < -0.3 is 14.6 Å². The number of H-pyrrole nitrogens is 1. The summed E-state index contributed by atoms with van der Waals surface area (Å²) in [6.45, 7) is 4.88. The summed E-state index contributed by atoms with van der Waals surface area (Å²) in [5.41, 5.74) is 2.36. The van der Waals surface area contributed by atoms with E-state index in [9.17, 15) is 4.79 Å². The predicted octanol–water partition coefficient (Wildman–Crippen LogP) is 2.52. The molecule has 1 amide bonds. The van der Waals surface area contributed by atoms with Gasteiger partial charge in [-0.3, -0.25) is 4.79 Å². The minimum Gasteiger partial charge on any atom is -0.378 e. The van der Waals surface area contributed by atoms with E-state index in [0.717, 1.165) is 18.6 Å². The number of nitrogens with one attached hydrogen (secondary N) is 1. The lowest BCUT2D eigenvalue weighted by Crippen LogP contribution is -2.41. The van der Waals surface area contributed by atoms with E-state index in [1.165, 1.54) is 10.9 Å². The molecular formula is C16H20N2O2. The van der Waals surface area contributed by atoms with Gasteiger partial charge in [0.2, 0.25) is 5.91 Å². The molecule has 2 heterocycles. The van der Waals surface area contributed by atoms with Crippen molar-refractivity contribution in [1.82, 2.24) is 9.88 Å². The molecule has 1 atom stereocenters. The molecule has 1 fully saturated rings. The molecule has 1 saturated heterocycles. The zero-order chi connectivity index (χ0) is 13.9. The Bertz CT molecular complexity index is 599. The summed E-state index contributed by atoms with van der Waals surface area (Å²) in [7, 11) is 0. The average Bonchev–Trinajstić information content (AvgIpc) is 2.92. The minimum atomic E-state index is 0.224. The summed E-state index contributed by atoms with van der Waals surface area (Å²) in [5, 5.41) is 1.22. The van der Waals surface area contributed by atoms with E-state index in [4.69, 9.17) is 4.74 Å². The zero-order valence-corrected chi connectivity index (χ0v) is 11.8. The maximum Gasteiger partial charge on any atom is 0.223 e. The number of morpholine rings is 1. The number of hydrogen-bond acceptors (Lipinski definition) is 2. The molecule has 1 N–H and O–H groups in total. The third kappa shape index (κ3) is 2.56. The van der Waals surface area contributed by atoms with Gasteiger partial charge in [0.05, 0.1) is 13.2 Å². The maximum atomic E-state index is 12.3. The monoisotopic (exact) mass is 272 g/mol. The molecule has 0 bridgehead atoms. The van der Waals surface area contributed by atoms with E-state index in [-0.39, 0.29) is 11.8 Å². The van der Waals surface area contributed by atoms with Crippen molar-refractivity contribution < 1.29 is 9.53 Å². The second-order valence-corrected chi connectivity index (χ2v) is 5.39. The number of amides is 1. The Kier molecular flexibility index (Phi) is 3.74. The highest BCUT2D eigenvalue weighted by Gasteiger charge is 2.21. The summed E-state index contributed by atoms with van der Waals surface area (Å²) in [5.74, 6) is 0.451. The van der Waals surface area contributed by atoms with E-state index in [2.05, 4.69) is 24.0 Å². The molecule has 20 heavy (non-hydrogen) atoms. The van der Waals surface area contributed by atoms with E-state index < -0.39 is 0 Å². The van der Waals surface area contributed by atoms with Gasteiger partial charge in [-0.1, -0.05) is 25.1 Å². The molecule has 1 aliphatic rings. The number of fused-ring (bicyclic) bond motifs is 1. The quantitative estimate of drug-likeness (QED) is 0.933. The van der Waals surface area contributed by atoms with E-state index >= 15 is 0 Å². The van der Waals surface area contributed by atoms with Gasteiger partial charge in [-0.2, -0.15) is 0 Å². The molecule has 1 aromatic heterocycles. The fourth-order valence-electron chi connectivity index (χ4n) is 2.82. The van der Waals surface area contributed by atoms with E-state index in [1.807, 2.05) is 23.2 Å². The molecule has 1 aliphatic heterocycles. The summed E-state index contributed by atoms with van der Waals surface area (Å²) in [6, 6.07) is 8.23. The number of para-hydroxylation sites is 1. The van der Waals surface area contributed by atoms with Gasteiger partial charge in [-0.05, 0) is 17.5 Å². The number of ether oxygens (including phenoxy) is 1. The van der Waals surface area contributed by atoms with Gasteiger partial charge >= 0.3 is 0 Å². The Balaban J connectivity index is 1.72. The van der Waals surface area contributed by atoms with Gasteiger partial charge in [0.25, 0.3) is 0 Å². The molecule has 0 radical (unpaired) electrons. The van der Waals surface area contributed by atoms with Crippen LogP contribution in [0.1, 0.15) is 24.8 Å². The van der Waals surface area contributed by atoms with Crippen LogP contribution in [0.25, 0.3) is 10.9 Å². The molecule has 4 heteroatoms. The number of carbonyl (C=O) groups excluding carboxylic acids is 1. The molecule has 4 nitrogen and oxygen atoms in total. The normalized spacial score (nSPS) is 17.4. The Morgan fingerprint density at radius 1 is 1.35 bits per heavy atom. The standard InChI is InChI=1S/C16H20N2O2/c1-12(10-16(19)18-6-8-20-9-7-18)14-11-17-15-5-3-2-4-13(14)15/h2-5,11-12,17H,6-10H2,1H3/t12-/m1/s1. The van der Waals surface area contributed by atoms with Crippen LogP contribution in [0, 0.1) is 0 Å². The second-order valence-electron chi connectivity index (χ2n) is 5.39. The third-order valence-corrected chi connectivity index (χ3v) is 4.00. The van der Waals surface area contributed by atoms with E-state index in [1.54, 1.807) is 0 Å². The molecule has 106 valence electrons. The largest absolute Gasteiger partial charge is 0.378 e. The Hall–Kier alpha value is -1.81. The molecule has 0 unspecified atom stereocenters. The van der Waals surface area contributed by atoms with Crippen LogP contribution in [0.5, 0.6) is 0 Å². The number of aromatic nitrogens is 1. The topological polar surface area (TPSA) is 45.3 Å². The first-order valence-corrected chi connectivity index (χ1v) is 7.17. The number of carbonyl (C=O) groups is 1. The molecule has 3 rings (SSSR count). The highest BCUT2D eigenvalue weighted by atomic mass is 16.5. The Morgan fingerprint density at radius 2 is 2.10 bits per heavy atom. The van der Waals surface area contributed by atoms with Crippen LogP contribution in [-0.2, 0) is 9.53 Å². The van der Waals surface area contributed by atoms with Crippen LogP contribution >= 0.6 is 0 Å². The van der Waals surface area contributed by atoms with Gasteiger partial charge in [-0.25, -0.2) is 0 Å². The lowest BCUT2D eigenvalue weighted by Gasteiger charge is -2.27. The van der Waals surface area contributed by atoms with Crippen LogP contribution in [0.4, 0.5) is 0 Å². The lowest BCUT2D eigenvalue weighted by atomic mass is 9.96. The predicted molar refractivity (Wildman–Crippen MR) is 78.7 cm³/mol. The average molecular weight is 272 g/mol. The van der Waals surface area contributed by atoms with Crippen molar-refractivity contribution in [3.05, 3.63) is 36.0 Å². The van der Waals surface area contributed by atoms with Gasteiger partial charge in [0, 0.05) is 36.6 Å². The minimum absolute atomic E-state index is 0.224. The molecule has 0 saturated carbocycles. The zero-order valence-electron chi connectivity index (χ0n) is 11.8. The Morgan fingerprint density at radius 3 is 2.90 bits per heavy atom. The molecule has 2 aromatic rings. The number of benzene rings is 1. The van der Waals surface area contributed by atoms with Gasteiger partial charge in [0.15, 0.2) is 0 Å². The smallest absolute Gasteiger partial charge is 0.223 e. The highest BCUT2D eigenvalue weighted by Crippen LogP contribution is 2.28. The summed E-state index contributed by atoms with van der Waals surface area (Å²) < 4.78 is 5.29. The van der Waals surface area contributed by atoms with Crippen molar-refractivity contribution in [2.75, 3.05) is 26.3 Å². The SMILES string of the molecule is C[C@H](CC(=O)N1CCOCC1)c1c[nH]c2ccccc12. The fourth-order valence-corrected chi connectivity index (χ4v) is 2.82. The van der Waals surface area contributed by atoms with E-state index in [0.29, 0.717) is 19.6 Å². The van der Waals surface area contributed by atoms with Crippen LogP contribution in [0.3, 0.4) is 0 Å². The molecule has 0 spiro atoms. The number of aromatic amines is 1. The van der Waals surface area contributed by atoms with Crippen LogP contribution < -0.4 is 0 Å². The first-order chi connectivity index (χ1) is 9.75. The van der Waals surface area contributed by atoms with Crippen LogP contribution in [-0.4, -0.2) is 42.1 Å². The first kappa shape index (κ1) is 13.2. The number of nitrogens with zero attached hydrogens (tertiary/aromatic N) is 1. The van der Waals surface area contributed by atoms with Crippen molar-refractivity contribution in [2.24, 2.45) is 0 Å². The maximum absolute atomic E-state index is 12.3. The Labute approximate surface area is 118 Å². The van der Waals surface area contributed by atoms with Crippen LogP contribution in [0.2, 0.25) is 0 Å². The van der Waals surface area contributed by atoms with Gasteiger partial charge in [0.1, 0.15) is 0 Å².